The van der Waals surface area contributed by atoms with Gasteiger partial charge in [-0.1, -0.05) is 24.3 Å². The molecule has 0 aliphatic carbocycles. The van der Waals surface area contributed by atoms with E-state index in [4.69, 9.17) is 4.98 Å². The minimum absolute atomic E-state index is 0.220. The van der Waals surface area contributed by atoms with Crippen molar-refractivity contribution in [2.24, 2.45) is 0 Å². The Morgan fingerprint density at radius 3 is 2.55 bits per heavy atom. The van der Waals surface area contributed by atoms with Crippen LogP contribution in [0.5, 0.6) is 0 Å². The standard InChI is InChI=1S/C22H24N4OS2/c27-22(26-13-14-28-20-8-4-2-6-18(20)26)16-25-11-9-24(10-12-25)15-21-23-17-5-1-3-7-19(17)29-21/h1-8H,9-16H2. The van der Waals surface area contributed by atoms with Crippen molar-refractivity contribution in [3.05, 3.63) is 53.5 Å². The Balaban J connectivity index is 1.16. The van der Waals surface area contributed by atoms with Crippen molar-refractivity contribution >= 4 is 44.9 Å². The van der Waals surface area contributed by atoms with Crippen LogP contribution in [0.15, 0.2) is 53.4 Å². The fourth-order valence-corrected chi connectivity index (χ4v) is 5.99. The number of carbonyl (C=O) groups is 1. The van der Waals surface area contributed by atoms with Gasteiger partial charge in [-0.05, 0) is 24.3 Å². The summed E-state index contributed by atoms with van der Waals surface area (Å²) in [6.45, 7) is 6.04. The molecular formula is C22H24N4OS2. The van der Waals surface area contributed by atoms with Gasteiger partial charge in [0.05, 0.1) is 29.0 Å². The normalized spacial score (nSPS) is 18.1. The summed E-state index contributed by atoms with van der Waals surface area (Å²) in [7, 11) is 0. The highest BCUT2D eigenvalue weighted by molar-refractivity contribution is 7.99. The fraction of sp³-hybridized carbons (Fsp3) is 0.364. The Labute approximate surface area is 179 Å². The number of hydrogen-bond donors (Lipinski definition) is 0. The lowest BCUT2D eigenvalue weighted by atomic mass is 10.2. The quantitative estimate of drug-likeness (QED) is 0.641. The average Bonchev–Trinajstić information content (AvgIpc) is 3.17. The SMILES string of the molecule is O=C(CN1CCN(Cc2nc3ccccc3s2)CC1)N1CCSc2ccccc21. The molecule has 1 amide bonds. The molecule has 1 aromatic heterocycles. The first-order valence-corrected chi connectivity index (χ1v) is 11.9. The van der Waals surface area contributed by atoms with Crippen molar-refractivity contribution in [2.75, 3.05) is 49.9 Å². The minimum atomic E-state index is 0.220. The molecule has 0 atom stereocenters. The Kier molecular flexibility index (Phi) is 5.54. The second kappa shape index (κ2) is 8.44. The zero-order valence-corrected chi connectivity index (χ0v) is 17.9. The molecule has 7 heteroatoms. The van der Waals surface area contributed by atoms with Crippen LogP contribution < -0.4 is 4.90 Å². The van der Waals surface area contributed by atoms with Crippen molar-refractivity contribution in [1.82, 2.24) is 14.8 Å². The predicted octanol–water partition coefficient (Wildman–Crippen LogP) is 3.55. The van der Waals surface area contributed by atoms with E-state index in [0.717, 1.165) is 56.2 Å². The van der Waals surface area contributed by atoms with Crippen LogP contribution >= 0.6 is 23.1 Å². The number of aromatic nitrogens is 1. The third-order valence-electron chi connectivity index (χ3n) is 5.55. The number of anilines is 1. The van der Waals surface area contributed by atoms with Gasteiger partial charge in [-0.3, -0.25) is 14.6 Å². The van der Waals surface area contributed by atoms with Gasteiger partial charge in [-0.15, -0.1) is 23.1 Å². The van der Waals surface area contributed by atoms with Crippen molar-refractivity contribution in [3.8, 4) is 0 Å². The number of piperazine rings is 1. The maximum Gasteiger partial charge on any atom is 0.241 e. The topological polar surface area (TPSA) is 39.7 Å². The Bertz CT molecular complexity index is 980. The van der Waals surface area contributed by atoms with Crippen LogP contribution in [0.3, 0.4) is 0 Å². The molecule has 0 radical (unpaired) electrons. The largest absolute Gasteiger partial charge is 0.309 e. The van der Waals surface area contributed by atoms with Gasteiger partial charge in [-0.25, -0.2) is 4.98 Å². The molecule has 0 unspecified atom stereocenters. The molecule has 1 saturated heterocycles. The summed E-state index contributed by atoms with van der Waals surface area (Å²) in [5.74, 6) is 1.19. The molecule has 3 heterocycles. The van der Waals surface area contributed by atoms with E-state index in [1.54, 1.807) is 11.3 Å². The van der Waals surface area contributed by atoms with Crippen molar-refractivity contribution in [3.63, 3.8) is 0 Å². The second-order valence-electron chi connectivity index (χ2n) is 7.49. The number of para-hydroxylation sites is 2. The van der Waals surface area contributed by atoms with E-state index in [-0.39, 0.29) is 5.91 Å². The Hall–Kier alpha value is -1.93. The lowest BCUT2D eigenvalue weighted by molar-refractivity contribution is -0.120. The van der Waals surface area contributed by atoms with Crippen molar-refractivity contribution in [2.45, 2.75) is 11.4 Å². The first-order valence-electron chi connectivity index (χ1n) is 10.1. The summed E-state index contributed by atoms with van der Waals surface area (Å²) < 4.78 is 1.26. The number of hydrogen-bond acceptors (Lipinski definition) is 6. The second-order valence-corrected chi connectivity index (χ2v) is 9.74. The van der Waals surface area contributed by atoms with Crippen LogP contribution in [0.25, 0.3) is 10.2 Å². The first kappa shape index (κ1) is 19.1. The van der Waals surface area contributed by atoms with E-state index in [0.29, 0.717) is 6.54 Å². The summed E-state index contributed by atoms with van der Waals surface area (Å²) >= 11 is 3.62. The molecule has 2 aliphatic heterocycles. The monoisotopic (exact) mass is 424 g/mol. The lowest BCUT2D eigenvalue weighted by Gasteiger charge is -2.36. The van der Waals surface area contributed by atoms with Gasteiger partial charge in [0.15, 0.2) is 0 Å². The first-order chi connectivity index (χ1) is 14.3. The number of thiazole rings is 1. The predicted molar refractivity (Wildman–Crippen MR) is 121 cm³/mol. The smallest absolute Gasteiger partial charge is 0.241 e. The molecule has 1 fully saturated rings. The highest BCUT2D eigenvalue weighted by Crippen LogP contribution is 2.34. The number of rotatable bonds is 4. The molecule has 0 N–H and O–H groups in total. The van der Waals surface area contributed by atoms with E-state index in [9.17, 15) is 4.79 Å². The van der Waals surface area contributed by atoms with Gasteiger partial charge >= 0.3 is 0 Å². The fourth-order valence-electron chi connectivity index (χ4n) is 3.99. The van der Waals surface area contributed by atoms with E-state index < -0.39 is 0 Å². The number of thioether (sulfide) groups is 1. The van der Waals surface area contributed by atoms with Crippen LogP contribution in [-0.4, -0.2) is 65.7 Å². The molecule has 2 aliphatic rings. The zero-order valence-electron chi connectivity index (χ0n) is 16.3. The summed E-state index contributed by atoms with van der Waals surface area (Å²) in [6.07, 6.45) is 0. The van der Waals surface area contributed by atoms with Crippen LogP contribution in [-0.2, 0) is 11.3 Å². The summed E-state index contributed by atoms with van der Waals surface area (Å²) in [4.78, 5) is 25.6. The van der Waals surface area contributed by atoms with Crippen LogP contribution in [0, 0.1) is 0 Å². The highest BCUT2D eigenvalue weighted by Gasteiger charge is 2.26. The summed E-state index contributed by atoms with van der Waals surface area (Å²) in [5, 5.41) is 1.18. The number of fused-ring (bicyclic) bond motifs is 2. The van der Waals surface area contributed by atoms with E-state index >= 15 is 0 Å². The highest BCUT2D eigenvalue weighted by atomic mass is 32.2. The third kappa shape index (κ3) is 4.19. The number of amides is 1. The molecule has 5 rings (SSSR count). The summed E-state index contributed by atoms with van der Waals surface area (Å²) in [6, 6.07) is 16.6. The molecule has 5 nitrogen and oxygen atoms in total. The molecule has 150 valence electrons. The van der Waals surface area contributed by atoms with Gasteiger partial charge in [0.2, 0.25) is 5.91 Å². The van der Waals surface area contributed by atoms with Gasteiger partial charge in [0.25, 0.3) is 0 Å². The molecule has 3 aromatic rings. The molecule has 0 spiro atoms. The molecule has 2 aromatic carbocycles. The van der Waals surface area contributed by atoms with Crippen molar-refractivity contribution < 1.29 is 4.79 Å². The van der Waals surface area contributed by atoms with Crippen LogP contribution in [0.1, 0.15) is 5.01 Å². The van der Waals surface area contributed by atoms with E-state index in [2.05, 4.69) is 40.1 Å². The number of benzene rings is 2. The van der Waals surface area contributed by atoms with Gasteiger partial charge in [0.1, 0.15) is 5.01 Å². The summed E-state index contributed by atoms with van der Waals surface area (Å²) in [5.41, 5.74) is 2.17. The van der Waals surface area contributed by atoms with Crippen molar-refractivity contribution in [1.29, 1.82) is 0 Å². The number of carbonyl (C=O) groups excluding carboxylic acids is 1. The van der Waals surface area contributed by atoms with E-state index in [1.807, 2.05) is 34.9 Å². The van der Waals surface area contributed by atoms with Gasteiger partial charge < -0.3 is 4.90 Å². The minimum Gasteiger partial charge on any atom is -0.309 e. The van der Waals surface area contributed by atoms with E-state index in [1.165, 1.54) is 14.6 Å². The molecule has 0 saturated carbocycles. The lowest BCUT2D eigenvalue weighted by Crippen LogP contribution is -2.50. The Morgan fingerprint density at radius 2 is 1.69 bits per heavy atom. The zero-order chi connectivity index (χ0) is 19.6. The van der Waals surface area contributed by atoms with Gasteiger partial charge in [-0.2, -0.15) is 0 Å². The van der Waals surface area contributed by atoms with Gasteiger partial charge in [0, 0.05) is 43.4 Å². The third-order valence-corrected chi connectivity index (χ3v) is 7.61. The maximum absolute atomic E-state index is 13.0. The Morgan fingerprint density at radius 1 is 0.931 bits per heavy atom. The average molecular weight is 425 g/mol. The maximum atomic E-state index is 13.0. The van der Waals surface area contributed by atoms with Crippen LogP contribution in [0.4, 0.5) is 5.69 Å². The molecular weight excluding hydrogens is 400 g/mol. The molecule has 0 bridgehead atoms. The van der Waals surface area contributed by atoms with Crippen LogP contribution in [0.2, 0.25) is 0 Å². The molecule has 29 heavy (non-hydrogen) atoms. The number of nitrogens with zero attached hydrogens (tertiary/aromatic N) is 4.